The van der Waals surface area contributed by atoms with Crippen LogP contribution in [-0.2, 0) is 0 Å². The van der Waals surface area contributed by atoms with Gasteiger partial charge in [-0.15, -0.1) is 0 Å². The Morgan fingerprint density at radius 3 is 2.54 bits per heavy atom. The summed E-state index contributed by atoms with van der Waals surface area (Å²) in [5, 5.41) is 0.760. The summed E-state index contributed by atoms with van der Waals surface area (Å²) < 4.78 is 10.9. The molecule has 1 aromatic heterocycles. The normalized spacial score (nSPS) is 14.4. The molecule has 28 heavy (non-hydrogen) atoms. The third-order valence-corrected chi connectivity index (χ3v) is 5.18. The first kappa shape index (κ1) is 18.1. The van der Waals surface area contributed by atoms with Crippen molar-refractivity contribution in [2.45, 2.75) is 6.92 Å². The molecule has 4 rings (SSSR count). The Bertz CT molecular complexity index is 1080. The van der Waals surface area contributed by atoms with Gasteiger partial charge in [0, 0.05) is 31.6 Å². The lowest BCUT2D eigenvalue weighted by Crippen LogP contribution is -2.49. The molecule has 2 heterocycles. The van der Waals surface area contributed by atoms with Gasteiger partial charge in [0.2, 0.25) is 0 Å². The molecule has 1 fully saturated rings. The van der Waals surface area contributed by atoms with Gasteiger partial charge in [0.25, 0.3) is 5.91 Å². The van der Waals surface area contributed by atoms with Crippen molar-refractivity contribution in [3.63, 3.8) is 0 Å². The number of carbonyl (C=O) groups excluding carboxylic acids is 1. The fourth-order valence-electron chi connectivity index (χ4n) is 3.65. The van der Waals surface area contributed by atoms with Gasteiger partial charge < -0.3 is 19.0 Å². The fraction of sp³-hybridized carbons (Fsp3) is 0.273. The lowest BCUT2D eigenvalue weighted by molar-refractivity contribution is 0.0742. The van der Waals surface area contributed by atoms with Crippen molar-refractivity contribution in [1.82, 2.24) is 4.90 Å². The maximum Gasteiger partial charge on any atom is 0.349 e. The second kappa shape index (κ2) is 7.38. The Morgan fingerprint density at radius 1 is 1.04 bits per heavy atom. The molecule has 0 N–H and O–H groups in total. The van der Waals surface area contributed by atoms with Crippen LogP contribution in [0.4, 0.5) is 5.69 Å². The van der Waals surface area contributed by atoms with Crippen molar-refractivity contribution in [3.8, 4) is 5.75 Å². The molecule has 0 atom stereocenters. The van der Waals surface area contributed by atoms with Crippen molar-refractivity contribution in [1.29, 1.82) is 0 Å². The van der Waals surface area contributed by atoms with E-state index in [4.69, 9.17) is 9.15 Å². The molecule has 0 aliphatic carbocycles. The Hall–Kier alpha value is -3.28. The maximum absolute atomic E-state index is 12.9. The minimum atomic E-state index is -0.584. The quantitative estimate of drug-likeness (QED) is 0.656. The molecule has 0 radical (unpaired) electrons. The molecule has 0 bridgehead atoms. The number of benzene rings is 2. The maximum atomic E-state index is 12.9. The summed E-state index contributed by atoms with van der Waals surface area (Å²) in [5.41, 5.74) is 1.92. The Labute approximate surface area is 162 Å². The number of hydrogen-bond acceptors (Lipinski definition) is 5. The van der Waals surface area contributed by atoms with Crippen LogP contribution in [0, 0.1) is 6.92 Å². The molecule has 6 nitrogen and oxygen atoms in total. The zero-order valence-electron chi connectivity index (χ0n) is 16.0. The molecule has 0 spiro atoms. The van der Waals surface area contributed by atoms with E-state index >= 15 is 0 Å². The Morgan fingerprint density at radius 2 is 1.79 bits per heavy atom. The van der Waals surface area contributed by atoms with Crippen LogP contribution >= 0.6 is 0 Å². The van der Waals surface area contributed by atoms with E-state index in [-0.39, 0.29) is 11.5 Å². The fourth-order valence-corrected chi connectivity index (χ4v) is 3.65. The molecule has 0 unspecified atom stereocenters. The van der Waals surface area contributed by atoms with E-state index in [2.05, 4.69) is 4.90 Å². The van der Waals surface area contributed by atoms with Crippen molar-refractivity contribution >= 4 is 22.6 Å². The van der Waals surface area contributed by atoms with Crippen molar-refractivity contribution in [2.24, 2.45) is 0 Å². The van der Waals surface area contributed by atoms with Crippen LogP contribution in [-0.4, -0.2) is 44.1 Å². The van der Waals surface area contributed by atoms with E-state index in [9.17, 15) is 9.59 Å². The first-order valence-corrected chi connectivity index (χ1v) is 9.29. The topological polar surface area (TPSA) is 63.0 Å². The number of rotatable bonds is 3. The lowest BCUT2D eigenvalue weighted by atomic mass is 10.1. The van der Waals surface area contributed by atoms with E-state index in [0.717, 1.165) is 22.4 Å². The van der Waals surface area contributed by atoms with Crippen molar-refractivity contribution < 1.29 is 13.9 Å². The molecule has 2 aromatic carbocycles. The summed E-state index contributed by atoms with van der Waals surface area (Å²) in [6.07, 6.45) is 0. The first-order valence-electron chi connectivity index (χ1n) is 9.29. The largest absolute Gasteiger partial charge is 0.495 e. The number of hydrogen-bond donors (Lipinski definition) is 0. The summed E-state index contributed by atoms with van der Waals surface area (Å²) >= 11 is 0. The summed E-state index contributed by atoms with van der Waals surface area (Å²) in [6.45, 7) is 4.28. The second-order valence-electron chi connectivity index (χ2n) is 6.89. The minimum Gasteiger partial charge on any atom is -0.495 e. The second-order valence-corrected chi connectivity index (χ2v) is 6.89. The average molecular weight is 378 g/mol. The van der Waals surface area contributed by atoms with Gasteiger partial charge >= 0.3 is 5.63 Å². The van der Waals surface area contributed by atoms with Crippen molar-refractivity contribution in [2.75, 3.05) is 38.2 Å². The number of fused-ring (bicyclic) bond motifs is 1. The first-order chi connectivity index (χ1) is 13.6. The van der Waals surface area contributed by atoms with Gasteiger partial charge in [-0.05, 0) is 30.7 Å². The van der Waals surface area contributed by atoms with Crippen LogP contribution in [0.25, 0.3) is 11.0 Å². The zero-order chi connectivity index (χ0) is 19.7. The molecule has 6 heteroatoms. The molecule has 0 saturated carbocycles. The highest BCUT2D eigenvalue weighted by molar-refractivity contribution is 5.97. The van der Waals surface area contributed by atoms with Gasteiger partial charge in [0.05, 0.1) is 12.8 Å². The Kier molecular flexibility index (Phi) is 4.77. The average Bonchev–Trinajstić information content (AvgIpc) is 2.73. The van der Waals surface area contributed by atoms with Crippen LogP contribution in [0.15, 0.2) is 57.7 Å². The van der Waals surface area contributed by atoms with Crippen LogP contribution in [0.2, 0.25) is 0 Å². The number of amides is 1. The summed E-state index contributed by atoms with van der Waals surface area (Å²) in [5.74, 6) is 0.532. The highest BCUT2D eigenvalue weighted by atomic mass is 16.5. The number of ether oxygens (including phenoxy) is 1. The highest BCUT2D eigenvalue weighted by Crippen LogP contribution is 2.28. The molecule has 1 aliphatic rings. The number of anilines is 1. The lowest BCUT2D eigenvalue weighted by Gasteiger charge is -2.36. The van der Waals surface area contributed by atoms with Gasteiger partial charge in [-0.1, -0.05) is 30.3 Å². The van der Waals surface area contributed by atoms with Gasteiger partial charge in [-0.25, -0.2) is 4.79 Å². The molecule has 1 amide bonds. The zero-order valence-corrected chi connectivity index (χ0v) is 16.0. The van der Waals surface area contributed by atoms with E-state index in [1.165, 1.54) is 0 Å². The predicted octanol–water partition coefficient (Wildman–Crippen LogP) is 3.07. The monoisotopic (exact) mass is 378 g/mol. The van der Waals surface area contributed by atoms with E-state index in [0.29, 0.717) is 31.8 Å². The van der Waals surface area contributed by atoms with Crippen LogP contribution in [0.1, 0.15) is 15.9 Å². The number of nitrogens with zero attached hydrogens (tertiary/aromatic N) is 2. The summed E-state index contributed by atoms with van der Waals surface area (Å²) in [7, 11) is 1.65. The van der Waals surface area contributed by atoms with Gasteiger partial charge in [0.15, 0.2) is 0 Å². The molecular formula is C22H22N2O4. The number of para-hydroxylation sites is 3. The van der Waals surface area contributed by atoms with Crippen LogP contribution in [0.3, 0.4) is 0 Å². The number of piperazine rings is 1. The van der Waals surface area contributed by atoms with Crippen LogP contribution in [0.5, 0.6) is 5.75 Å². The smallest absolute Gasteiger partial charge is 0.349 e. The molecule has 3 aromatic rings. The predicted molar refractivity (Wildman–Crippen MR) is 108 cm³/mol. The number of methoxy groups -OCH3 is 1. The van der Waals surface area contributed by atoms with E-state index < -0.39 is 5.63 Å². The summed E-state index contributed by atoms with van der Waals surface area (Å²) in [4.78, 5) is 29.2. The van der Waals surface area contributed by atoms with Gasteiger partial charge in [-0.2, -0.15) is 0 Å². The number of carbonyl (C=O) groups is 1. The standard InChI is InChI=1S/C22H22N2O4/c1-15-6-5-7-16-14-17(22(26)28-20(15)16)21(25)24-12-10-23(11-13-24)18-8-3-4-9-19(18)27-2/h3-9,14H,10-13H2,1-2H3. The molecule has 1 aliphatic heterocycles. The molecule has 1 saturated heterocycles. The highest BCUT2D eigenvalue weighted by Gasteiger charge is 2.26. The van der Waals surface area contributed by atoms with E-state index in [1.54, 1.807) is 18.1 Å². The van der Waals surface area contributed by atoms with E-state index in [1.807, 2.05) is 49.4 Å². The van der Waals surface area contributed by atoms with Crippen molar-refractivity contribution in [3.05, 3.63) is 70.1 Å². The third-order valence-electron chi connectivity index (χ3n) is 5.18. The number of aryl methyl sites for hydroxylation is 1. The van der Waals surface area contributed by atoms with Gasteiger partial charge in [0.1, 0.15) is 16.9 Å². The SMILES string of the molecule is COc1ccccc1N1CCN(C(=O)c2cc3cccc(C)c3oc2=O)CC1. The summed E-state index contributed by atoms with van der Waals surface area (Å²) in [6, 6.07) is 15.1. The Balaban J connectivity index is 1.54. The molecule has 144 valence electrons. The minimum absolute atomic E-state index is 0.0869. The molecular weight excluding hydrogens is 356 g/mol. The van der Waals surface area contributed by atoms with Gasteiger partial charge in [-0.3, -0.25) is 4.79 Å². The van der Waals surface area contributed by atoms with Crippen LogP contribution < -0.4 is 15.3 Å². The third kappa shape index (κ3) is 3.22.